The van der Waals surface area contributed by atoms with Crippen LogP contribution in [-0.4, -0.2) is 45.5 Å². The van der Waals surface area contributed by atoms with Crippen LogP contribution in [0.4, 0.5) is 4.79 Å². The zero-order valence-corrected chi connectivity index (χ0v) is 15.6. The van der Waals surface area contributed by atoms with Gasteiger partial charge in [0.15, 0.2) is 0 Å². The highest BCUT2D eigenvalue weighted by molar-refractivity contribution is 6.02. The third kappa shape index (κ3) is 4.28. The molecule has 0 atom stereocenters. The number of ether oxygens (including phenoxy) is 2. The Labute approximate surface area is 157 Å². The van der Waals surface area contributed by atoms with Gasteiger partial charge in [0.05, 0.1) is 23.8 Å². The summed E-state index contributed by atoms with van der Waals surface area (Å²) in [6, 6.07) is 5.67. The molecule has 2 aromatic heterocycles. The van der Waals surface area contributed by atoms with Gasteiger partial charge >= 0.3 is 6.09 Å². The molecule has 2 heterocycles. The summed E-state index contributed by atoms with van der Waals surface area (Å²) in [5.74, 6) is 1.56. The van der Waals surface area contributed by atoms with Crippen LogP contribution >= 0.6 is 0 Å². The molecule has 8 heteroatoms. The standard InChI is InChI=1S/C19H24N4O4/c1-3-8-23-17(12-26-4-2)22-16-11-21-15-6-5-13(10-14(15)18(16)23)27-9-7-20-19(24)25/h5-6,10-11,20H,3-4,7-9,12H2,1-2H3,(H,24,25). The lowest BCUT2D eigenvalue weighted by Crippen LogP contribution is -2.26. The lowest BCUT2D eigenvalue weighted by atomic mass is 10.2. The van der Waals surface area contributed by atoms with Gasteiger partial charge in [0.25, 0.3) is 0 Å². The van der Waals surface area contributed by atoms with Crippen LogP contribution in [0.5, 0.6) is 5.75 Å². The Morgan fingerprint density at radius 3 is 2.89 bits per heavy atom. The first-order chi connectivity index (χ1) is 13.1. The van der Waals surface area contributed by atoms with E-state index in [1.165, 1.54) is 0 Å². The first kappa shape index (κ1) is 18.9. The molecule has 0 saturated carbocycles. The van der Waals surface area contributed by atoms with E-state index >= 15 is 0 Å². The van der Waals surface area contributed by atoms with Crippen molar-refractivity contribution in [3.63, 3.8) is 0 Å². The quantitative estimate of drug-likeness (QED) is 0.560. The lowest BCUT2D eigenvalue weighted by molar-refractivity contribution is 0.126. The highest BCUT2D eigenvalue weighted by atomic mass is 16.5. The SMILES string of the molecule is CCCn1c(COCC)nc2cnc3ccc(OCCNC(=O)O)cc3c21. The Morgan fingerprint density at radius 1 is 1.30 bits per heavy atom. The average Bonchev–Trinajstić information content (AvgIpc) is 3.01. The van der Waals surface area contributed by atoms with Crippen LogP contribution in [0.15, 0.2) is 24.4 Å². The summed E-state index contributed by atoms with van der Waals surface area (Å²) in [4.78, 5) is 19.7. The molecule has 0 unspecified atom stereocenters. The van der Waals surface area contributed by atoms with Crippen LogP contribution in [0.3, 0.4) is 0 Å². The second kappa shape index (κ2) is 8.68. The van der Waals surface area contributed by atoms with Crippen molar-refractivity contribution in [2.45, 2.75) is 33.4 Å². The van der Waals surface area contributed by atoms with E-state index in [9.17, 15) is 4.79 Å². The number of carboxylic acid groups (broad SMARTS) is 1. The molecular formula is C19H24N4O4. The monoisotopic (exact) mass is 372 g/mol. The Kier molecular flexibility index (Phi) is 6.08. The van der Waals surface area contributed by atoms with Gasteiger partial charge in [0.1, 0.15) is 30.3 Å². The van der Waals surface area contributed by atoms with E-state index in [2.05, 4.69) is 21.8 Å². The lowest BCUT2D eigenvalue weighted by Gasteiger charge is -2.11. The molecule has 27 heavy (non-hydrogen) atoms. The van der Waals surface area contributed by atoms with Gasteiger partial charge in [-0.2, -0.15) is 0 Å². The third-order valence-corrected chi connectivity index (χ3v) is 4.15. The number of rotatable bonds is 9. The molecule has 0 bridgehead atoms. The van der Waals surface area contributed by atoms with Gasteiger partial charge in [-0.3, -0.25) is 4.98 Å². The maximum Gasteiger partial charge on any atom is 0.404 e. The number of amides is 1. The maximum atomic E-state index is 10.5. The smallest absolute Gasteiger partial charge is 0.404 e. The van der Waals surface area contributed by atoms with Gasteiger partial charge in [-0.1, -0.05) is 6.92 Å². The highest BCUT2D eigenvalue weighted by Gasteiger charge is 2.14. The normalized spacial score (nSPS) is 11.2. The molecule has 0 aliphatic carbocycles. The predicted octanol–water partition coefficient (Wildman–Crippen LogP) is 3.18. The number of nitrogens with zero attached hydrogens (tertiary/aromatic N) is 3. The number of imidazole rings is 1. The zero-order valence-electron chi connectivity index (χ0n) is 15.6. The fourth-order valence-electron chi connectivity index (χ4n) is 3.03. The zero-order chi connectivity index (χ0) is 19.2. The van der Waals surface area contributed by atoms with E-state index in [0.29, 0.717) is 19.0 Å². The van der Waals surface area contributed by atoms with Crippen LogP contribution in [-0.2, 0) is 17.9 Å². The molecule has 8 nitrogen and oxygen atoms in total. The van der Waals surface area contributed by atoms with Gasteiger partial charge < -0.3 is 24.5 Å². The number of benzene rings is 1. The van der Waals surface area contributed by atoms with E-state index in [4.69, 9.17) is 19.6 Å². The van der Waals surface area contributed by atoms with E-state index in [1.54, 1.807) is 6.20 Å². The van der Waals surface area contributed by atoms with E-state index in [-0.39, 0.29) is 13.2 Å². The molecule has 0 fully saturated rings. The minimum atomic E-state index is -1.06. The molecule has 1 aromatic carbocycles. The Balaban J connectivity index is 1.98. The van der Waals surface area contributed by atoms with Gasteiger partial charge in [-0.15, -0.1) is 0 Å². The van der Waals surface area contributed by atoms with Gasteiger partial charge in [0.2, 0.25) is 0 Å². The summed E-state index contributed by atoms with van der Waals surface area (Å²) in [6.45, 7) is 6.51. The van der Waals surface area contributed by atoms with Crippen molar-refractivity contribution in [2.75, 3.05) is 19.8 Å². The van der Waals surface area contributed by atoms with Crippen molar-refractivity contribution >= 4 is 28.0 Å². The van der Waals surface area contributed by atoms with Crippen molar-refractivity contribution < 1.29 is 19.4 Å². The van der Waals surface area contributed by atoms with Gasteiger partial charge in [-0.05, 0) is 31.5 Å². The Bertz CT molecular complexity index is 938. The maximum absolute atomic E-state index is 10.5. The predicted molar refractivity (Wildman–Crippen MR) is 102 cm³/mol. The molecule has 0 radical (unpaired) electrons. The molecule has 0 spiro atoms. The minimum Gasteiger partial charge on any atom is -0.492 e. The number of aromatic nitrogens is 3. The molecule has 0 aliphatic heterocycles. The van der Waals surface area contributed by atoms with Crippen LogP contribution in [0.2, 0.25) is 0 Å². The molecule has 3 aromatic rings. The van der Waals surface area contributed by atoms with E-state index in [0.717, 1.165) is 40.7 Å². The molecule has 2 N–H and O–H groups in total. The topological polar surface area (TPSA) is 98.5 Å². The van der Waals surface area contributed by atoms with Crippen LogP contribution in [0.1, 0.15) is 26.1 Å². The second-order valence-corrected chi connectivity index (χ2v) is 6.07. The molecule has 1 amide bonds. The largest absolute Gasteiger partial charge is 0.492 e. The third-order valence-electron chi connectivity index (χ3n) is 4.15. The summed E-state index contributed by atoms with van der Waals surface area (Å²) in [7, 11) is 0. The Hall–Kier alpha value is -2.87. The summed E-state index contributed by atoms with van der Waals surface area (Å²) >= 11 is 0. The summed E-state index contributed by atoms with van der Waals surface area (Å²) in [5.41, 5.74) is 2.71. The fourth-order valence-corrected chi connectivity index (χ4v) is 3.03. The first-order valence-corrected chi connectivity index (χ1v) is 9.09. The van der Waals surface area contributed by atoms with Crippen molar-refractivity contribution in [1.82, 2.24) is 19.9 Å². The number of nitrogens with one attached hydrogen (secondary N) is 1. The van der Waals surface area contributed by atoms with Gasteiger partial charge in [-0.25, -0.2) is 9.78 Å². The van der Waals surface area contributed by atoms with Gasteiger partial charge in [0, 0.05) is 18.5 Å². The molecule has 144 valence electrons. The second-order valence-electron chi connectivity index (χ2n) is 6.07. The Morgan fingerprint density at radius 2 is 2.15 bits per heavy atom. The number of carbonyl (C=O) groups is 1. The van der Waals surface area contributed by atoms with Crippen LogP contribution in [0, 0.1) is 0 Å². The average molecular weight is 372 g/mol. The number of fused-ring (bicyclic) bond motifs is 3. The minimum absolute atomic E-state index is 0.224. The fraction of sp³-hybridized carbons (Fsp3) is 0.421. The van der Waals surface area contributed by atoms with Crippen molar-refractivity contribution in [3.8, 4) is 5.75 Å². The van der Waals surface area contributed by atoms with Crippen molar-refractivity contribution in [2.24, 2.45) is 0 Å². The number of hydrogen-bond acceptors (Lipinski definition) is 5. The van der Waals surface area contributed by atoms with E-state index < -0.39 is 6.09 Å². The number of aryl methyl sites for hydroxylation is 1. The first-order valence-electron chi connectivity index (χ1n) is 9.09. The van der Waals surface area contributed by atoms with E-state index in [1.807, 2.05) is 25.1 Å². The molecular weight excluding hydrogens is 348 g/mol. The summed E-state index contributed by atoms with van der Waals surface area (Å²) in [6.07, 6.45) is 1.70. The van der Waals surface area contributed by atoms with Crippen molar-refractivity contribution in [3.05, 3.63) is 30.2 Å². The van der Waals surface area contributed by atoms with Crippen LogP contribution < -0.4 is 10.1 Å². The highest BCUT2D eigenvalue weighted by Crippen LogP contribution is 2.28. The summed E-state index contributed by atoms with van der Waals surface area (Å²) < 4.78 is 13.4. The molecule has 0 saturated heterocycles. The molecule has 3 rings (SSSR count). The summed E-state index contributed by atoms with van der Waals surface area (Å²) in [5, 5.41) is 11.9. The van der Waals surface area contributed by atoms with Crippen LogP contribution in [0.25, 0.3) is 21.9 Å². The number of hydrogen-bond donors (Lipinski definition) is 2. The van der Waals surface area contributed by atoms with Crippen molar-refractivity contribution in [1.29, 1.82) is 0 Å². The number of pyridine rings is 1. The molecule has 0 aliphatic rings.